The van der Waals surface area contributed by atoms with Crippen molar-refractivity contribution in [2.45, 2.75) is 33.2 Å². The van der Waals surface area contributed by atoms with Crippen LogP contribution in [0, 0.1) is 6.92 Å². The summed E-state index contributed by atoms with van der Waals surface area (Å²) in [6.07, 6.45) is 16.5. The van der Waals surface area contributed by atoms with Crippen molar-refractivity contribution in [1.82, 2.24) is 19.2 Å². The molecule has 148 valence electrons. The Morgan fingerprint density at radius 3 is 2.72 bits per heavy atom. The summed E-state index contributed by atoms with van der Waals surface area (Å²) in [5.41, 5.74) is 6.91. The third kappa shape index (κ3) is 3.47. The van der Waals surface area contributed by atoms with Gasteiger partial charge in [0.25, 0.3) is 0 Å². The molecule has 3 aliphatic rings. The van der Waals surface area contributed by atoms with Crippen LogP contribution in [-0.4, -0.2) is 50.7 Å². The summed E-state index contributed by atoms with van der Waals surface area (Å²) in [4.78, 5) is 14.2. The molecule has 5 rings (SSSR count). The molecule has 5 nitrogen and oxygen atoms in total. The van der Waals surface area contributed by atoms with Crippen LogP contribution in [0.3, 0.4) is 0 Å². The van der Waals surface area contributed by atoms with E-state index in [0.29, 0.717) is 6.04 Å². The summed E-state index contributed by atoms with van der Waals surface area (Å²) in [5.74, 6) is 1.01. The number of pyridine rings is 1. The monoisotopic (exact) mass is 385 g/mol. The van der Waals surface area contributed by atoms with Crippen LogP contribution in [0.25, 0.3) is 11.3 Å². The van der Waals surface area contributed by atoms with Crippen LogP contribution in [0.1, 0.15) is 31.5 Å². The number of hydrogen-bond acceptors (Lipinski definition) is 4. The van der Waals surface area contributed by atoms with Crippen LogP contribution in [-0.2, 0) is 0 Å². The first kappa shape index (κ1) is 18.1. The number of aryl methyl sites for hydroxylation is 1. The van der Waals surface area contributed by atoms with Gasteiger partial charge in [-0.2, -0.15) is 0 Å². The summed E-state index contributed by atoms with van der Waals surface area (Å²) in [6, 6.07) is 4.77. The number of nitrogens with zero attached hydrogens (tertiary/aromatic N) is 5. The average Bonchev–Trinajstić information content (AvgIpc) is 3.12. The van der Waals surface area contributed by atoms with Gasteiger partial charge < -0.3 is 9.30 Å². The van der Waals surface area contributed by atoms with E-state index in [1.165, 1.54) is 11.1 Å². The Bertz CT molecular complexity index is 1110. The lowest BCUT2D eigenvalue weighted by molar-refractivity contribution is 0.240. The zero-order valence-electron chi connectivity index (χ0n) is 17.3. The Morgan fingerprint density at radius 2 is 1.93 bits per heavy atom. The second-order valence-corrected chi connectivity index (χ2v) is 8.26. The second-order valence-electron chi connectivity index (χ2n) is 8.26. The van der Waals surface area contributed by atoms with Crippen molar-refractivity contribution in [3.63, 3.8) is 0 Å². The summed E-state index contributed by atoms with van der Waals surface area (Å²) in [6.45, 7) is 9.57. The first-order valence-corrected chi connectivity index (χ1v) is 10.4. The van der Waals surface area contributed by atoms with Gasteiger partial charge in [-0.1, -0.05) is 6.08 Å². The highest BCUT2D eigenvalue weighted by molar-refractivity contribution is 6.00. The predicted molar refractivity (Wildman–Crippen MR) is 119 cm³/mol. The van der Waals surface area contributed by atoms with Gasteiger partial charge in [-0.3, -0.25) is 4.90 Å². The number of fused-ring (bicyclic) bond motifs is 2. The van der Waals surface area contributed by atoms with Gasteiger partial charge in [-0.25, -0.2) is 9.98 Å². The fraction of sp³-hybridized carbons (Fsp3) is 0.333. The Morgan fingerprint density at radius 1 is 1.03 bits per heavy atom. The Kier molecular flexibility index (Phi) is 4.47. The van der Waals surface area contributed by atoms with Gasteiger partial charge in [0.05, 0.1) is 11.4 Å². The molecule has 3 aliphatic heterocycles. The van der Waals surface area contributed by atoms with Crippen molar-refractivity contribution in [3.05, 3.63) is 77.4 Å². The number of amidine groups is 1. The topological polar surface area (TPSA) is 36.1 Å². The Balaban J connectivity index is 1.35. The van der Waals surface area contributed by atoms with E-state index in [9.17, 15) is 0 Å². The lowest BCUT2D eigenvalue weighted by Crippen LogP contribution is -2.35. The minimum atomic E-state index is 0.610. The van der Waals surface area contributed by atoms with Crippen molar-refractivity contribution in [2.75, 3.05) is 19.6 Å². The molecule has 29 heavy (non-hydrogen) atoms. The molecule has 0 aliphatic carbocycles. The molecule has 0 amide bonds. The average molecular weight is 386 g/mol. The Labute approximate surface area is 172 Å². The van der Waals surface area contributed by atoms with Gasteiger partial charge in [-0.05, 0) is 68.7 Å². The third-order valence-corrected chi connectivity index (χ3v) is 5.93. The highest BCUT2D eigenvalue weighted by Crippen LogP contribution is 2.28. The SMILES string of the molecule is Cc1cn2cc(C3=CCN4C=C(C5=CCN(C(C)C)CC5)C=CC4=N3)ccc2n1. The molecule has 0 unspecified atom stereocenters. The molecule has 0 fully saturated rings. The number of aliphatic imine (C=N–C) groups is 1. The summed E-state index contributed by atoms with van der Waals surface area (Å²) >= 11 is 0. The molecule has 0 N–H and O–H groups in total. The van der Waals surface area contributed by atoms with Crippen molar-refractivity contribution in [1.29, 1.82) is 0 Å². The van der Waals surface area contributed by atoms with Crippen LogP contribution in [0.5, 0.6) is 0 Å². The quantitative estimate of drug-likeness (QED) is 0.795. The fourth-order valence-corrected chi connectivity index (χ4v) is 4.20. The largest absolute Gasteiger partial charge is 0.328 e. The maximum atomic E-state index is 4.91. The van der Waals surface area contributed by atoms with E-state index >= 15 is 0 Å². The summed E-state index contributed by atoms with van der Waals surface area (Å²) in [5, 5.41) is 0. The van der Waals surface area contributed by atoms with Gasteiger partial charge in [0.15, 0.2) is 0 Å². The molecule has 5 heteroatoms. The minimum absolute atomic E-state index is 0.610. The van der Waals surface area contributed by atoms with Crippen molar-refractivity contribution < 1.29 is 0 Å². The van der Waals surface area contributed by atoms with Crippen molar-refractivity contribution >= 4 is 17.2 Å². The smallest absolute Gasteiger partial charge is 0.136 e. The fourth-order valence-electron chi connectivity index (χ4n) is 4.20. The van der Waals surface area contributed by atoms with Gasteiger partial charge in [0, 0.05) is 49.8 Å². The lowest BCUT2D eigenvalue weighted by atomic mass is 9.97. The van der Waals surface area contributed by atoms with Crippen molar-refractivity contribution in [2.24, 2.45) is 4.99 Å². The number of allylic oxidation sites excluding steroid dienone is 2. The van der Waals surface area contributed by atoms with Crippen LogP contribution in [0.4, 0.5) is 0 Å². The molecular weight excluding hydrogens is 358 g/mol. The highest BCUT2D eigenvalue weighted by Gasteiger charge is 2.21. The molecule has 0 bridgehead atoms. The van der Waals surface area contributed by atoms with E-state index in [0.717, 1.165) is 54.5 Å². The molecule has 0 saturated heterocycles. The van der Waals surface area contributed by atoms with E-state index in [1.54, 1.807) is 0 Å². The molecule has 2 aromatic heterocycles. The third-order valence-electron chi connectivity index (χ3n) is 5.93. The zero-order chi connectivity index (χ0) is 20.0. The van der Waals surface area contributed by atoms with Crippen molar-refractivity contribution in [3.8, 4) is 0 Å². The van der Waals surface area contributed by atoms with Gasteiger partial charge in [0.2, 0.25) is 0 Å². The lowest BCUT2D eigenvalue weighted by Gasteiger charge is -2.32. The molecule has 0 saturated carbocycles. The minimum Gasteiger partial charge on any atom is -0.328 e. The number of rotatable bonds is 3. The number of aromatic nitrogens is 2. The zero-order valence-corrected chi connectivity index (χ0v) is 17.3. The standard InChI is InChI=1S/C24H27N5/c1-17(2)27-11-8-19(9-12-27)20-4-6-24-26-22(10-13-28(24)15-20)21-5-7-23-25-18(3)14-29(23)16-21/h4-8,10,14-17H,9,11-13H2,1-3H3. The van der Waals surface area contributed by atoms with Crippen LogP contribution in [0.2, 0.25) is 0 Å². The maximum absolute atomic E-state index is 4.91. The van der Waals surface area contributed by atoms with Gasteiger partial charge in [0.1, 0.15) is 11.5 Å². The van der Waals surface area contributed by atoms with Gasteiger partial charge >= 0.3 is 0 Å². The predicted octanol–water partition coefficient (Wildman–Crippen LogP) is 4.19. The number of hydrogen-bond donors (Lipinski definition) is 0. The van der Waals surface area contributed by atoms with Crippen LogP contribution >= 0.6 is 0 Å². The normalized spacial score (nSPS) is 19.8. The van der Waals surface area contributed by atoms with E-state index in [-0.39, 0.29) is 0 Å². The molecule has 2 aromatic rings. The molecule has 0 spiro atoms. The van der Waals surface area contributed by atoms with E-state index in [2.05, 4.69) is 88.1 Å². The Hall–Kier alpha value is -2.92. The summed E-state index contributed by atoms with van der Waals surface area (Å²) in [7, 11) is 0. The first-order chi connectivity index (χ1) is 14.1. The summed E-state index contributed by atoms with van der Waals surface area (Å²) < 4.78 is 2.07. The van der Waals surface area contributed by atoms with Crippen LogP contribution < -0.4 is 0 Å². The van der Waals surface area contributed by atoms with Crippen LogP contribution in [0.15, 0.2) is 71.2 Å². The molecule has 5 heterocycles. The second kappa shape index (κ2) is 7.16. The molecule has 0 aromatic carbocycles. The van der Waals surface area contributed by atoms with Gasteiger partial charge in [-0.15, -0.1) is 0 Å². The molecule has 0 radical (unpaired) electrons. The molecule has 0 atom stereocenters. The maximum Gasteiger partial charge on any atom is 0.136 e. The molecular formula is C24H27N5. The van der Waals surface area contributed by atoms with E-state index in [4.69, 9.17) is 4.99 Å². The van der Waals surface area contributed by atoms with E-state index in [1.807, 2.05) is 6.92 Å². The highest BCUT2D eigenvalue weighted by atomic mass is 15.2. The number of imidazole rings is 1. The first-order valence-electron chi connectivity index (χ1n) is 10.4. The van der Waals surface area contributed by atoms with E-state index < -0.39 is 0 Å².